The van der Waals surface area contributed by atoms with Gasteiger partial charge in [-0.3, -0.25) is 4.79 Å². The van der Waals surface area contributed by atoms with Crippen molar-refractivity contribution in [2.45, 2.75) is 26.4 Å². The Morgan fingerprint density at radius 2 is 1.68 bits per heavy atom. The summed E-state index contributed by atoms with van der Waals surface area (Å²) in [6.07, 6.45) is 0.251. The number of ether oxygens (including phenoxy) is 1. The summed E-state index contributed by atoms with van der Waals surface area (Å²) in [7, 11) is 0. The Hall–Kier alpha value is -2.09. The zero-order chi connectivity index (χ0) is 13.4. The third-order valence-corrected chi connectivity index (χ3v) is 3.53. The second-order valence-electron chi connectivity index (χ2n) is 5.14. The minimum absolute atomic E-state index is 0.159. The van der Waals surface area contributed by atoms with E-state index in [0.717, 1.165) is 11.1 Å². The van der Waals surface area contributed by atoms with Crippen LogP contribution in [-0.4, -0.2) is 5.78 Å². The van der Waals surface area contributed by atoms with Crippen molar-refractivity contribution >= 4 is 5.78 Å². The quantitative estimate of drug-likeness (QED) is 0.766. The Kier molecular flexibility index (Phi) is 2.86. The number of hydrogen-bond acceptors (Lipinski definition) is 2. The molecule has 0 N–H and O–H groups in total. The number of benzene rings is 2. The fourth-order valence-electron chi connectivity index (χ4n) is 2.40. The monoisotopic (exact) mass is 252 g/mol. The van der Waals surface area contributed by atoms with E-state index < -0.39 is 0 Å². The molecule has 0 fully saturated rings. The standard InChI is InChI=1S/C17H16O2/c1-11-3-6-13(7-4-11)16-10-15(18)14-8-5-12(2)9-17(14)19-16/h3-9,16H,10H2,1-2H3/t16-/m1/s1. The average molecular weight is 252 g/mol. The van der Waals surface area contributed by atoms with E-state index in [4.69, 9.17) is 4.74 Å². The van der Waals surface area contributed by atoms with Gasteiger partial charge in [-0.25, -0.2) is 0 Å². The maximum Gasteiger partial charge on any atom is 0.170 e. The number of Topliss-reactive ketones (excluding diaryl/α,β-unsaturated/α-hetero) is 1. The van der Waals surface area contributed by atoms with Gasteiger partial charge in [-0.1, -0.05) is 35.9 Å². The lowest BCUT2D eigenvalue weighted by atomic mass is 9.95. The lowest BCUT2D eigenvalue weighted by molar-refractivity contribution is 0.0850. The van der Waals surface area contributed by atoms with E-state index in [1.165, 1.54) is 5.56 Å². The second-order valence-corrected chi connectivity index (χ2v) is 5.14. The topological polar surface area (TPSA) is 26.3 Å². The predicted molar refractivity (Wildman–Crippen MR) is 74.7 cm³/mol. The Morgan fingerprint density at radius 1 is 1.00 bits per heavy atom. The van der Waals surface area contributed by atoms with Gasteiger partial charge in [0.05, 0.1) is 12.0 Å². The lowest BCUT2D eigenvalue weighted by Gasteiger charge is -2.25. The highest BCUT2D eigenvalue weighted by Gasteiger charge is 2.27. The average Bonchev–Trinajstić information content (AvgIpc) is 2.38. The third kappa shape index (κ3) is 2.26. The van der Waals surface area contributed by atoms with E-state index in [-0.39, 0.29) is 11.9 Å². The van der Waals surface area contributed by atoms with Gasteiger partial charge >= 0.3 is 0 Å². The van der Waals surface area contributed by atoms with Gasteiger partial charge in [0.15, 0.2) is 5.78 Å². The molecule has 0 radical (unpaired) electrons. The van der Waals surface area contributed by atoms with Crippen molar-refractivity contribution in [3.8, 4) is 5.75 Å². The van der Waals surface area contributed by atoms with Crippen LogP contribution in [0.2, 0.25) is 0 Å². The van der Waals surface area contributed by atoms with Crippen LogP contribution in [0.3, 0.4) is 0 Å². The molecule has 1 heterocycles. The SMILES string of the molecule is Cc1ccc([C@H]2CC(=O)c3ccc(C)cc3O2)cc1. The number of rotatable bonds is 1. The highest BCUT2D eigenvalue weighted by Crippen LogP contribution is 2.35. The van der Waals surface area contributed by atoms with Gasteiger partial charge in [-0.15, -0.1) is 0 Å². The zero-order valence-corrected chi connectivity index (χ0v) is 11.1. The maximum absolute atomic E-state index is 12.2. The van der Waals surface area contributed by atoms with E-state index in [9.17, 15) is 4.79 Å². The molecule has 0 bridgehead atoms. The van der Waals surface area contributed by atoms with E-state index in [0.29, 0.717) is 17.7 Å². The largest absolute Gasteiger partial charge is 0.484 e. The summed E-state index contributed by atoms with van der Waals surface area (Å²) in [5.74, 6) is 0.869. The van der Waals surface area contributed by atoms with Crippen molar-refractivity contribution in [3.05, 3.63) is 64.7 Å². The van der Waals surface area contributed by atoms with E-state index in [1.807, 2.05) is 37.3 Å². The van der Waals surface area contributed by atoms with Crippen molar-refractivity contribution in [2.75, 3.05) is 0 Å². The summed E-state index contributed by atoms with van der Waals surface area (Å²) in [5.41, 5.74) is 4.08. The summed E-state index contributed by atoms with van der Waals surface area (Å²) in [6.45, 7) is 4.05. The fraction of sp³-hybridized carbons (Fsp3) is 0.235. The van der Waals surface area contributed by atoms with Gasteiger partial charge in [0, 0.05) is 0 Å². The molecule has 1 atom stereocenters. The van der Waals surface area contributed by atoms with Crippen LogP contribution in [0.1, 0.15) is 39.6 Å². The van der Waals surface area contributed by atoms with Crippen LogP contribution >= 0.6 is 0 Å². The Morgan fingerprint density at radius 3 is 2.42 bits per heavy atom. The minimum atomic E-state index is -0.164. The molecule has 0 unspecified atom stereocenters. The van der Waals surface area contributed by atoms with Crippen LogP contribution in [-0.2, 0) is 0 Å². The van der Waals surface area contributed by atoms with Gasteiger partial charge in [0.1, 0.15) is 11.9 Å². The number of ketones is 1. The zero-order valence-electron chi connectivity index (χ0n) is 11.1. The molecule has 19 heavy (non-hydrogen) atoms. The van der Waals surface area contributed by atoms with Crippen LogP contribution in [0.5, 0.6) is 5.75 Å². The van der Waals surface area contributed by atoms with E-state index in [2.05, 4.69) is 19.1 Å². The van der Waals surface area contributed by atoms with E-state index >= 15 is 0 Å². The third-order valence-electron chi connectivity index (χ3n) is 3.53. The molecule has 0 aromatic heterocycles. The van der Waals surface area contributed by atoms with Crippen molar-refractivity contribution in [3.63, 3.8) is 0 Å². The first kappa shape index (κ1) is 12.0. The fourth-order valence-corrected chi connectivity index (χ4v) is 2.40. The maximum atomic E-state index is 12.2. The Balaban J connectivity index is 1.96. The number of hydrogen-bond donors (Lipinski definition) is 0. The van der Waals surface area contributed by atoms with Gasteiger partial charge in [0.25, 0.3) is 0 Å². The molecule has 2 heteroatoms. The van der Waals surface area contributed by atoms with Crippen LogP contribution in [0.4, 0.5) is 0 Å². The molecule has 0 saturated carbocycles. The first-order chi connectivity index (χ1) is 9.13. The van der Waals surface area contributed by atoms with Crippen LogP contribution < -0.4 is 4.74 Å². The molecule has 96 valence electrons. The molecule has 0 spiro atoms. The summed E-state index contributed by atoms with van der Waals surface area (Å²) < 4.78 is 5.99. The van der Waals surface area contributed by atoms with Crippen LogP contribution in [0, 0.1) is 13.8 Å². The van der Waals surface area contributed by atoms with E-state index in [1.54, 1.807) is 0 Å². The summed E-state index contributed by atoms with van der Waals surface area (Å²) in [5, 5.41) is 0. The van der Waals surface area contributed by atoms with Crippen molar-refractivity contribution in [2.24, 2.45) is 0 Å². The van der Waals surface area contributed by atoms with Crippen molar-refractivity contribution < 1.29 is 9.53 Å². The molecule has 0 amide bonds. The first-order valence-corrected chi connectivity index (χ1v) is 6.50. The number of carbonyl (C=O) groups is 1. The number of aryl methyl sites for hydroxylation is 2. The highest BCUT2D eigenvalue weighted by molar-refractivity contribution is 6.00. The molecular weight excluding hydrogens is 236 g/mol. The Labute approximate surface area is 113 Å². The van der Waals surface area contributed by atoms with Crippen LogP contribution in [0.25, 0.3) is 0 Å². The normalized spacial score (nSPS) is 17.8. The molecular formula is C17H16O2. The molecule has 2 aromatic rings. The highest BCUT2D eigenvalue weighted by atomic mass is 16.5. The van der Waals surface area contributed by atoms with Gasteiger partial charge in [0.2, 0.25) is 0 Å². The summed E-state index contributed by atoms with van der Waals surface area (Å²) >= 11 is 0. The number of carbonyl (C=O) groups excluding carboxylic acids is 1. The van der Waals surface area contributed by atoms with Crippen molar-refractivity contribution in [1.29, 1.82) is 0 Å². The Bertz CT molecular complexity index is 626. The molecule has 2 aromatic carbocycles. The van der Waals surface area contributed by atoms with Gasteiger partial charge < -0.3 is 4.74 Å². The molecule has 0 saturated heterocycles. The predicted octanol–water partition coefficient (Wildman–Crippen LogP) is 4.01. The lowest BCUT2D eigenvalue weighted by Crippen LogP contribution is -2.20. The molecule has 1 aliphatic rings. The molecule has 3 rings (SSSR count). The molecule has 1 aliphatic heterocycles. The molecule has 0 aliphatic carbocycles. The number of fused-ring (bicyclic) bond motifs is 1. The first-order valence-electron chi connectivity index (χ1n) is 6.50. The second kappa shape index (κ2) is 4.54. The smallest absolute Gasteiger partial charge is 0.170 e. The summed E-state index contributed by atoms with van der Waals surface area (Å²) in [4.78, 5) is 12.2. The van der Waals surface area contributed by atoms with Crippen LogP contribution in [0.15, 0.2) is 42.5 Å². The minimum Gasteiger partial charge on any atom is -0.484 e. The van der Waals surface area contributed by atoms with Gasteiger partial charge in [-0.05, 0) is 37.1 Å². The molecule has 2 nitrogen and oxygen atoms in total. The van der Waals surface area contributed by atoms with Crippen molar-refractivity contribution in [1.82, 2.24) is 0 Å². The summed E-state index contributed by atoms with van der Waals surface area (Å²) in [6, 6.07) is 13.9. The van der Waals surface area contributed by atoms with Gasteiger partial charge in [-0.2, -0.15) is 0 Å².